The van der Waals surface area contributed by atoms with E-state index in [1.54, 1.807) is 6.20 Å². The molecule has 0 radical (unpaired) electrons. The van der Waals surface area contributed by atoms with Crippen molar-refractivity contribution in [3.05, 3.63) is 47.9 Å². The van der Waals surface area contributed by atoms with Gasteiger partial charge in [0, 0.05) is 25.0 Å². The fourth-order valence-electron chi connectivity index (χ4n) is 4.27. The number of nitrogens with zero attached hydrogens (tertiary/aromatic N) is 6. The first kappa shape index (κ1) is 18.7. The van der Waals surface area contributed by atoms with Gasteiger partial charge in [-0.25, -0.2) is 15.0 Å². The fourth-order valence-corrected chi connectivity index (χ4v) is 4.27. The second-order valence-electron chi connectivity index (χ2n) is 7.93. The second kappa shape index (κ2) is 7.85. The van der Waals surface area contributed by atoms with Crippen molar-refractivity contribution >= 4 is 17.0 Å². The minimum Gasteiger partial charge on any atom is -0.364 e. The molecule has 1 aliphatic rings. The molecule has 30 heavy (non-hydrogen) atoms. The normalized spacial score (nSPS) is 15.0. The molecule has 0 unspecified atom stereocenters. The minimum absolute atomic E-state index is 0.433. The van der Waals surface area contributed by atoms with Gasteiger partial charge in [0.05, 0.1) is 17.6 Å². The van der Waals surface area contributed by atoms with E-state index in [1.807, 2.05) is 38.5 Å². The van der Waals surface area contributed by atoms with E-state index in [0.717, 1.165) is 40.8 Å². The Bertz CT molecular complexity index is 1140. The lowest BCUT2D eigenvalue weighted by atomic mass is 9.95. The molecule has 4 heterocycles. The van der Waals surface area contributed by atoms with E-state index in [2.05, 4.69) is 20.0 Å². The van der Waals surface area contributed by atoms with E-state index < -0.39 is 0 Å². The summed E-state index contributed by atoms with van der Waals surface area (Å²) < 4.78 is 7.61. The van der Waals surface area contributed by atoms with Crippen LogP contribution in [0, 0.1) is 13.8 Å². The van der Waals surface area contributed by atoms with Crippen molar-refractivity contribution in [3.63, 3.8) is 0 Å². The summed E-state index contributed by atoms with van der Waals surface area (Å²) in [6, 6.07) is 4.40. The zero-order chi connectivity index (χ0) is 20.5. The molecule has 0 aromatic carbocycles. The molecule has 4 aromatic rings. The van der Waals surface area contributed by atoms with Crippen molar-refractivity contribution in [2.45, 2.75) is 58.5 Å². The summed E-state index contributed by atoms with van der Waals surface area (Å²) in [5.74, 6) is 2.05. The van der Waals surface area contributed by atoms with Gasteiger partial charge in [0.25, 0.3) is 0 Å². The second-order valence-corrected chi connectivity index (χ2v) is 7.93. The zero-order valence-electron chi connectivity index (χ0n) is 17.3. The van der Waals surface area contributed by atoms with Gasteiger partial charge in [0.1, 0.15) is 11.3 Å². The molecule has 8 nitrogen and oxygen atoms in total. The summed E-state index contributed by atoms with van der Waals surface area (Å²) in [7, 11) is 0. The number of aryl methyl sites for hydroxylation is 2. The Morgan fingerprint density at radius 2 is 2.03 bits per heavy atom. The first-order valence-electron chi connectivity index (χ1n) is 10.5. The standard InChI is InChI=1S/C22H25N7O/c1-14-18(15(2)30-28-14)20-26-21(24-12-16-7-6-10-23-11-16)19-22(27-20)29(13-25-19)17-8-4-3-5-9-17/h6-7,10-11,13,17H,3-5,8-9,12H2,1-2H3,(H,24,26,27). The third kappa shape index (κ3) is 3.42. The zero-order valence-corrected chi connectivity index (χ0v) is 17.3. The van der Waals surface area contributed by atoms with Crippen LogP contribution >= 0.6 is 0 Å². The molecular formula is C22H25N7O. The van der Waals surface area contributed by atoms with Crippen LogP contribution in [0.3, 0.4) is 0 Å². The Kier molecular flexibility index (Phi) is 4.90. The summed E-state index contributed by atoms with van der Waals surface area (Å²) in [4.78, 5) is 18.6. The molecule has 0 spiro atoms. The van der Waals surface area contributed by atoms with E-state index in [-0.39, 0.29) is 0 Å². The molecule has 0 amide bonds. The Morgan fingerprint density at radius 3 is 2.77 bits per heavy atom. The summed E-state index contributed by atoms with van der Waals surface area (Å²) in [5, 5.41) is 7.53. The SMILES string of the molecule is Cc1noc(C)c1-c1nc(NCc2cccnc2)c2ncn(C3CCCCC3)c2n1. The number of hydrogen-bond donors (Lipinski definition) is 1. The van der Waals surface area contributed by atoms with Crippen LogP contribution in [-0.2, 0) is 6.54 Å². The quantitative estimate of drug-likeness (QED) is 0.520. The van der Waals surface area contributed by atoms with E-state index in [4.69, 9.17) is 19.5 Å². The summed E-state index contributed by atoms with van der Waals surface area (Å²) in [6.45, 7) is 4.42. The smallest absolute Gasteiger partial charge is 0.169 e. The molecule has 1 saturated carbocycles. The number of rotatable bonds is 5. The lowest BCUT2D eigenvalue weighted by molar-refractivity contribution is 0.358. The predicted octanol–water partition coefficient (Wildman–Crippen LogP) is 4.61. The molecule has 0 aliphatic heterocycles. The monoisotopic (exact) mass is 403 g/mol. The molecule has 154 valence electrons. The van der Waals surface area contributed by atoms with Gasteiger partial charge >= 0.3 is 0 Å². The Morgan fingerprint density at radius 1 is 1.17 bits per heavy atom. The van der Waals surface area contributed by atoms with Crippen LogP contribution in [0.1, 0.15) is 55.2 Å². The number of fused-ring (bicyclic) bond motifs is 1. The first-order chi connectivity index (χ1) is 14.7. The first-order valence-corrected chi connectivity index (χ1v) is 10.5. The maximum atomic E-state index is 5.38. The maximum Gasteiger partial charge on any atom is 0.169 e. The topological polar surface area (TPSA) is 94.5 Å². The van der Waals surface area contributed by atoms with Crippen molar-refractivity contribution in [2.24, 2.45) is 0 Å². The highest BCUT2D eigenvalue weighted by molar-refractivity contribution is 5.85. The van der Waals surface area contributed by atoms with Crippen LogP contribution in [0.5, 0.6) is 0 Å². The van der Waals surface area contributed by atoms with Crippen molar-refractivity contribution in [2.75, 3.05) is 5.32 Å². The van der Waals surface area contributed by atoms with E-state index >= 15 is 0 Å². The molecule has 4 aromatic heterocycles. The number of anilines is 1. The third-order valence-corrected chi connectivity index (χ3v) is 5.83. The van der Waals surface area contributed by atoms with Crippen molar-refractivity contribution < 1.29 is 4.52 Å². The van der Waals surface area contributed by atoms with Gasteiger partial charge in [-0.2, -0.15) is 0 Å². The van der Waals surface area contributed by atoms with Crippen molar-refractivity contribution in [1.29, 1.82) is 0 Å². The molecule has 0 atom stereocenters. The van der Waals surface area contributed by atoms with Gasteiger partial charge < -0.3 is 14.4 Å². The lowest BCUT2D eigenvalue weighted by Crippen LogP contribution is -2.13. The molecule has 1 aliphatic carbocycles. The number of hydrogen-bond acceptors (Lipinski definition) is 7. The minimum atomic E-state index is 0.433. The summed E-state index contributed by atoms with van der Waals surface area (Å²) in [6.07, 6.45) is 11.7. The van der Waals surface area contributed by atoms with Crippen LogP contribution in [0.4, 0.5) is 5.82 Å². The van der Waals surface area contributed by atoms with Gasteiger partial charge in [0.15, 0.2) is 17.3 Å². The van der Waals surface area contributed by atoms with Gasteiger partial charge in [-0.05, 0) is 38.3 Å². The Labute approximate surface area is 174 Å². The highest BCUT2D eigenvalue weighted by Gasteiger charge is 2.23. The van der Waals surface area contributed by atoms with Gasteiger partial charge in [0.2, 0.25) is 0 Å². The summed E-state index contributed by atoms with van der Waals surface area (Å²) in [5.41, 5.74) is 4.36. The molecule has 8 heteroatoms. The largest absolute Gasteiger partial charge is 0.364 e. The van der Waals surface area contributed by atoms with Gasteiger partial charge in [-0.15, -0.1) is 0 Å². The van der Waals surface area contributed by atoms with Crippen LogP contribution in [0.25, 0.3) is 22.6 Å². The molecule has 0 bridgehead atoms. The molecule has 1 N–H and O–H groups in total. The predicted molar refractivity (Wildman–Crippen MR) is 114 cm³/mol. The van der Waals surface area contributed by atoms with Crippen molar-refractivity contribution in [1.82, 2.24) is 29.7 Å². The lowest BCUT2D eigenvalue weighted by Gasteiger charge is -2.23. The van der Waals surface area contributed by atoms with Crippen LogP contribution in [0.2, 0.25) is 0 Å². The number of imidazole rings is 1. The molecule has 1 fully saturated rings. The van der Waals surface area contributed by atoms with Crippen molar-refractivity contribution in [3.8, 4) is 11.4 Å². The Hall–Kier alpha value is -3.29. The van der Waals surface area contributed by atoms with Crippen LogP contribution in [0.15, 0.2) is 35.4 Å². The Balaban J connectivity index is 1.60. The van der Waals surface area contributed by atoms with E-state index in [9.17, 15) is 0 Å². The third-order valence-electron chi connectivity index (χ3n) is 5.83. The fraction of sp³-hybridized carbons (Fsp3) is 0.409. The molecule has 5 rings (SSSR count). The van der Waals surface area contributed by atoms with E-state index in [0.29, 0.717) is 30.0 Å². The maximum absolute atomic E-state index is 5.38. The summed E-state index contributed by atoms with van der Waals surface area (Å²) >= 11 is 0. The number of pyridine rings is 1. The number of nitrogens with one attached hydrogen (secondary N) is 1. The highest BCUT2D eigenvalue weighted by Crippen LogP contribution is 2.33. The average molecular weight is 403 g/mol. The van der Waals surface area contributed by atoms with Crippen LogP contribution in [-0.4, -0.2) is 29.7 Å². The van der Waals surface area contributed by atoms with Crippen LogP contribution < -0.4 is 5.32 Å². The van der Waals surface area contributed by atoms with E-state index in [1.165, 1.54) is 19.3 Å². The van der Waals surface area contributed by atoms with Gasteiger partial charge in [-0.3, -0.25) is 4.98 Å². The number of aromatic nitrogens is 6. The molecule has 0 saturated heterocycles. The van der Waals surface area contributed by atoms with Gasteiger partial charge in [-0.1, -0.05) is 30.5 Å². The average Bonchev–Trinajstić information content (AvgIpc) is 3.36. The molecular weight excluding hydrogens is 378 g/mol. The highest BCUT2D eigenvalue weighted by atomic mass is 16.5.